The van der Waals surface area contributed by atoms with Crippen LogP contribution >= 0.6 is 0 Å². The van der Waals surface area contributed by atoms with E-state index in [1.807, 2.05) is 0 Å². The van der Waals surface area contributed by atoms with Crippen molar-refractivity contribution in [2.24, 2.45) is 5.41 Å². The Morgan fingerprint density at radius 3 is 1.40 bits per heavy atom. The molecule has 0 unspecified atom stereocenters. The lowest BCUT2D eigenvalue weighted by Crippen LogP contribution is -2.35. The van der Waals surface area contributed by atoms with Crippen molar-refractivity contribution in [3.8, 4) is 0 Å². The predicted molar refractivity (Wildman–Crippen MR) is 162 cm³/mol. The first kappa shape index (κ1) is 42.8. The van der Waals surface area contributed by atoms with Crippen LogP contribution in [0.15, 0.2) is 37.4 Å². The lowest BCUT2D eigenvalue weighted by atomic mass is 9.94. The maximum absolute atomic E-state index is 12.8. The highest BCUT2D eigenvalue weighted by atomic mass is 17.2. The molecule has 16 nitrogen and oxygen atoms in total. The molecule has 0 saturated heterocycles. The Labute approximate surface area is 272 Å². The second kappa shape index (κ2) is 25.0. The van der Waals surface area contributed by atoms with E-state index in [4.69, 9.17) is 54.3 Å². The van der Waals surface area contributed by atoms with E-state index in [2.05, 4.69) is 13.2 Å². The molecule has 0 fully saturated rings. The fourth-order valence-electron chi connectivity index (χ4n) is 3.04. The van der Waals surface area contributed by atoms with E-state index in [1.54, 1.807) is 6.08 Å². The van der Waals surface area contributed by atoms with Crippen LogP contribution in [0.5, 0.6) is 0 Å². The highest BCUT2D eigenvalue weighted by Gasteiger charge is 2.31. The molecule has 16 heteroatoms. The van der Waals surface area contributed by atoms with Crippen molar-refractivity contribution in [3.63, 3.8) is 0 Å². The van der Waals surface area contributed by atoms with Gasteiger partial charge < -0.3 is 44.5 Å². The van der Waals surface area contributed by atoms with E-state index in [0.717, 1.165) is 25.0 Å². The van der Waals surface area contributed by atoms with Crippen molar-refractivity contribution in [1.29, 1.82) is 0 Å². The van der Waals surface area contributed by atoms with E-state index >= 15 is 0 Å². The Balaban J connectivity index is 0.00000204. The fraction of sp³-hybridized carbons (Fsp3) is 0.516. The summed E-state index contributed by atoms with van der Waals surface area (Å²) in [6.45, 7) is 5.75. The molecule has 0 amide bonds. The summed E-state index contributed by atoms with van der Waals surface area (Å²) in [5.41, 5.74) is -2.88. The van der Waals surface area contributed by atoms with Gasteiger partial charge in [-0.15, -0.1) is 13.2 Å². The number of carbonyl (C=O) groups is 5. The van der Waals surface area contributed by atoms with E-state index in [0.29, 0.717) is 6.42 Å². The second-order valence-electron chi connectivity index (χ2n) is 9.65. The van der Waals surface area contributed by atoms with E-state index in [-0.39, 0.29) is 68.3 Å². The van der Waals surface area contributed by atoms with Crippen LogP contribution in [-0.2, 0) is 33.5 Å². The van der Waals surface area contributed by atoms with Crippen LogP contribution in [-0.4, -0.2) is 121 Å². The number of aliphatic hydroxyl groups is 4. The Morgan fingerprint density at radius 2 is 1.06 bits per heavy atom. The summed E-state index contributed by atoms with van der Waals surface area (Å²) < 4.78 is 20.3. The molecule has 0 aliphatic carbocycles. The summed E-state index contributed by atoms with van der Waals surface area (Å²) in [5, 5.41) is 43.1. The van der Waals surface area contributed by atoms with Crippen LogP contribution in [0.4, 0.5) is 0 Å². The molecule has 47 heavy (non-hydrogen) atoms. The van der Waals surface area contributed by atoms with Gasteiger partial charge in [0.25, 0.3) is 0 Å². The molecule has 1 aromatic carbocycles. The Hall–Kier alpha value is -4.19. The topological polar surface area (TPSA) is 242 Å². The summed E-state index contributed by atoms with van der Waals surface area (Å²) in [6, 6.07) is 1.94. The Kier molecular flexibility index (Phi) is 22.7. The van der Waals surface area contributed by atoms with Crippen molar-refractivity contribution in [1.82, 2.24) is 0 Å². The molecule has 1 aromatic rings. The molecule has 5 N–H and O–H groups in total. The third-order valence-electron chi connectivity index (χ3n) is 5.81. The summed E-state index contributed by atoms with van der Waals surface area (Å²) in [7, 11) is 0. The number of aliphatic carboxylic acids is 1. The first-order valence-corrected chi connectivity index (χ1v) is 14.5. The first-order valence-electron chi connectivity index (χ1n) is 14.5. The van der Waals surface area contributed by atoms with Crippen LogP contribution in [0, 0.1) is 5.41 Å². The summed E-state index contributed by atoms with van der Waals surface area (Å²) in [6.07, 6.45) is 5.43. The van der Waals surface area contributed by atoms with Gasteiger partial charge in [-0.05, 0) is 38.3 Å². The average Bonchev–Trinajstić information content (AvgIpc) is 3.07. The van der Waals surface area contributed by atoms with Gasteiger partial charge in [0.1, 0.15) is 25.2 Å². The number of rotatable bonds is 23. The minimum Gasteiger partial charge on any atom is -0.481 e. The molecule has 0 radical (unpaired) electrons. The number of ether oxygens (including phenoxy) is 4. The molecule has 0 aliphatic heterocycles. The van der Waals surface area contributed by atoms with Gasteiger partial charge in [-0.3, -0.25) is 4.79 Å². The smallest absolute Gasteiger partial charge is 0.339 e. The number of carboxylic acids is 1. The van der Waals surface area contributed by atoms with Gasteiger partial charge in [0.05, 0.1) is 68.5 Å². The van der Waals surface area contributed by atoms with Crippen molar-refractivity contribution in [2.45, 2.75) is 32.6 Å². The number of esters is 4. The highest BCUT2D eigenvalue weighted by molar-refractivity contribution is 6.10. The number of hydrogen-bond acceptors (Lipinski definition) is 15. The first-order chi connectivity index (χ1) is 22.5. The lowest BCUT2D eigenvalue weighted by molar-refractivity contribution is -0.287. The summed E-state index contributed by atoms with van der Waals surface area (Å²) in [5.74, 6) is -5.19. The van der Waals surface area contributed by atoms with E-state index in [9.17, 15) is 24.0 Å². The van der Waals surface area contributed by atoms with Gasteiger partial charge in [-0.25, -0.2) is 29.0 Å². The standard InChI is InChI=1S/C26H34O12.C5H10O4/c1-3-5-6-7-12-33-23(29)19-17-22(26(32)36-16-10-28)20(18-21(19)25(31)35-15-9-27)24(30)34-13-8-14-38-37-11-4-2;1-5(2-6,3-7)4(8)9/h3-4,17-18,27-28H,1-2,5-16H2;6-7H,2-3H2,1H3,(H,8,9). The number of unbranched alkanes of at least 4 members (excludes halogenated alkanes) is 2. The molecule has 0 aliphatic rings. The predicted octanol–water partition coefficient (Wildman–Crippen LogP) is 1.24. The second-order valence-corrected chi connectivity index (χ2v) is 9.65. The number of aliphatic hydroxyl groups excluding tert-OH is 4. The molecular weight excluding hydrogens is 628 g/mol. The lowest BCUT2D eigenvalue weighted by Gasteiger charge is -2.17. The Morgan fingerprint density at radius 1 is 0.638 bits per heavy atom. The van der Waals surface area contributed by atoms with Crippen LogP contribution < -0.4 is 0 Å². The van der Waals surface area contributed by atoms with Crippen LogP contribution in [0.3, 0.4) is 0 Å². The maximum atomic E-state index is 12.8. The molecule has 0 spiro atoms. The minimum absolute atomic E-state index is 0.0322. The zero-order valence-electron chi connectivity index (χ0n) is 26.3. The van der Waals surface area contributed by atoms with Gasteiger partial charge in [0, 0.05) is 6.42 Å². The number of allylic oxidation sites excluding steroid dienone is 1. The molecule has 0 saturated carbocycles. The zero-order chi connectivity index (χ0) is 35.7. The SMILES string of the molecule is C=CCCCCOC(=O)c1cc(C(=O)OCCO)c(C(=O)OCCCOOCC=C)cc1C(=O)OCCO.CC(CO)(CO)C(=O)O. The van der Waals surface area contributed by atoms with Gasteiger partial charge in [0.15, 0.2) is 0 Å². The fourth-order valence-corrected chi connectivity index (χ4v) is 3.04. The third kappa shape index (κ3) is 16.3. The Bertz CT molecular complexity index is 1160. The van der Waals surface area contributed by atoms with Crippen molar-refractivity contribution in [3.05, 3.63) is 59.7 Å². The molecular formula is C31H44O16. The molecule has 0 atom stereocenters. The van der Waals surface area contributed by atoms with Gasteiger partial charge in [0.2, 0.25) is 0 Å². The maximum Gasteiger partial charge on any atom is 0.339 e. The molecule has 0 aromatic heterocycles. The molecule has 0 heterocycles. The van der Waals surface area contributed by atoms with Gasteiger partial charge >= 0.3 is 29.8 Å². The van der Waals surface area contributed by atoms with Gasteiger partial charge in [-0.1, -0.05) is 12.2 Å². The van der Waals surface area contributed by atoms with Crippen molar-refractivity contribution >= 4 is 29.8 Å². The average molecular weight is 673 g/mol. The normalized spacial score (nSPS) is 10.6. The monoisotopic (exact) mass is 672 g/mol. The van der Waals surface area contributed by atoms with E-state index in [1.165, 1.54) is 13.0 Å². The van der Waals surface area contributed by atoms with Crippen LogP contribution in [0.25, 0.3) is 0 Å². The largest absolute Gasteiger partial charge is 0.481 e. The van der Waals surface area contributed by atoms with Crippen molar-refractivity contribution < 1.29 is 78.2 Å². The van der Waals surface area contributed by atoms with E-state index < -0.39 is 61.7 Å². The van der Waals surface area contributed by atoms with Crippen LogP contribution in [0.1, 0.15) is 74.0 Å². The molecule has 0 bridgehead atoms. The van der Waals surface area contributed by atoms with Crippen molar-refractivity contribution in [2.75, 3.05) is 66.1 Å². The third-order valence-corrected chi connectivity index (χ3v) is 5.81. The number of carboxylic acid groups (broad SMARTS) is 1. The zero-order valence-corrected chi connectivity index (χ0v) is 26.3. The van der Waals surface area contributed by atoms with Gasteiger partial charge in [-0.2, -0.15) is 0 Å². The minimum atomic E-state index is -1.39. The molecule has 1 rings (SSSR count). The molecule has 264 valence electrons. The highest BCUT2D eigenvalue weighted by Crippen LogP contribution is 2.22. The summed E-state index contributed by atoms with van der Waals surface area (Å²) >= 11 is 0. The number of hydrogen-bond donors (Lipinski definition) is 5. The summed E-state index contributed by atoms with van der Waals surface area (Å²) in [4.78, 5) is 70.8. The quantitative estimate of drug-likeness (QED) is 0.0274. The number of carbonyl (C=O) groups excluding carboxylic acids is 4. The van der Waals surface area contributed by atoms with Crippen LogP contribution in [0.2, 0.25) is 0 Å². The number of benzene rings is 1.